The first-order valence-electron chi connectivity index (χ1n) is 11.6. The predicted octanol–water partition coefficient (Wildman–Crippen LogP) is 5.94. The molecule has 0 saturated heterocycles. The number of sulfone groups is 1. The summed E-state index contributed by atoms with van der Waals surface area (Å²) in [5.74, 6) is 0. The first-order valence-corrected chi connectivity index (χ1v) is 14.0. The van der Waals surface area contributed by atoms with Crippen molar-refractivity contribution >= 4 is 43.6 Å². The van der Waals surface area contributed by atoms with E-state index in [1.165, 1.54) is 6.07 Å². The summed E-state index contributed by atoms with van der Waals surface area (Å²) in [6.07, 6.45) is -0.662. The van der Waals surface area contributed by atoms with E-state index in [-0.39, 0.29) is 17.5 Å². The number of rotatable bonds is 7. The van der Waals surface area contributed by atoms with Crippen LogP contribution in [0.25, 0.3) is 0 Å². The molecule has 0 aromatic heterocycles. The Kier molecular flexibility index (Phi) is 9.58. The molecule has 0 atom stereocenters. The quantitative estimate of drug-likeness (QED) is 0.421. The first-order chi connectivity index (χ1) is 16.5. The van der Waals surface area contributed by atoms with Gasteiger partial charge in [0.1, 0.15) is 5.60 Å². The van der Waals surface area contributed by atoms with Crippen molar-refractivity contribution in [3.63, 3.8) is 0 Å². The molecule has 8 nitrogen and oxygen atoms in total. The number of aryl methyl sites for hydroxylation is 2. The summed E-state index contributed by atoms with van der Waals surface area (Å²) >= 11 is 3.49. The molecule has 0 heterocycles. The number of ether oxygens (including phenoxy) is 1. The van der Waals surface area contributed by atoms with E-state index < -0.39 is 26.8 Å². The van der Waals surface area contributed by atoms with Crippen LogP contribution in [0.1, 0.15) is 56.9 Å². The summed E-state index contributed by atoms with van der Waals surface area (Å²) in [6.45, 7) is 12.7. The average molecular weight is 583 g/mol. The zero-order valence-corrected chi connectivity index (χ0v) is 24.6. The fourth-order valence-corrected chi connectivity index (χ4v) is 5.48. The van der Waals surface area contributed by atoms with E-state index in [4.69, 9.17) is 4.74 Å². The summed E-state index contributed by atoms with van der Waals surface area (Å²) in [5.41, 5.74) is 3.27. The Bertz CT molecular complexity index is 1210. The number of amides is 3. The van der Waals surface area contributed by atoms with Gasteiger partial charge >= 0.3 is 12.1 Å². The SMILES string of the molecule is Cc1cc(Br)cc(C)c1CN(C)C(=O)Nc1ccc(S(=O)(=O)C(C)C)c(CNC(=O)OC(C)(C)C)c1. The number of carbonyl (C=O) groups is 2. The minimum atomic E-state index is -3.62. The second kappa shape index (κ2) is 11.6. The third-order valence-electron chi connectivity index (χ3n) is 5.46. The average Bonchev–Trinajstić information content (AvgIpc) is 2.73. The summed E-state index contributed by atoms with van der Waals surface area (Å²) in [7, 11) is -1.93. The Morgan fingerprint density at radius 3 is 2.19 bits per heavy atom. The van der Waals surface area contributed by atoms with Crippen molar-refractivity contribution in [2.75, 3.05) is 12.4 Å². The molecular weight excluding hydrogens is 546 g/mol. The minimum absolute atomic E-state index is 0.0764. The molecule has 3 amide bonds. The van der Waals surface area contributed by atoms with Crippen LogP contribution >= 0.6 is 15.9 Å². The molecule has 198 valence electrons. The number of alkyl carbamates (subject to hydrolysis) is 1. The lowest BCUT2D eigenvalue weighted by Gasteiger charge is -2.22. The van der Waals surface area contributed by atoms with Crippen LogP contribution in [-0.2, 0) is 27.7 Å². The Labute approximate surface area is 222 Å². The van der Waals surface area contributed by atoms with Gasteiger partial charge in [0.15, 0.2) is 9.84 Å². The van der Waals surface area contributed by atoms with Crippen LogP contribution in [0.5, 0.6) is 0 Å². The lowest BCUT2D eigenvalue weighted by molar-refractivity contribution is 0.0523. The van der Waals surface area contributed by atoms with Crippen LogP contribution in [0.4, 0.5) is 15.3 Å². The predicted molar refractivity (Wildman–Crippen MR) is 146 cm³/mol. The van der Waals surface area contributed by atoms with E-state index >= 15 is 0 Å². The third-order valence-corrected chi connectivity index (χ3v) is 8.17. The maximum atomic E-state index is 12.9. The van der Waals surface area contributed by atoms with Crippen LogP contribution in [0, 0.1) is 13.8 Å². The van der Waals surface area contributed by atoms with Gasteiger partial charge in [0.2, 0.25) is 0 Å². The second-order valence-corrected chi connectivity index (χ2v) is 13.5. The molecule has 0 radical (unpaired) electrons. The van der Waals surface area contributed by atoms with Gasteiger partial charge in [-0.05, 0) is 101 Å². The number of nitrogens with one attached hydrogen (secondary N) is 2. The van der Waals surface area contributed by atoms with E-state index in [9.17, 15) is 18.0 Å². The number of hydrogen-bond donors (Lipinski definition) is 2. The Morgan fingerprint density at radius 2 is 1.67 bits per heavy atom. The number of hydrogen-bond acceptors (Lipinski definition) is 5. The maximum absolute atomic E-state index is 12.9. The van der Waals surface area contributed by atoms with Crippen molar-refractivity contribution < 1.29 is 22.7 Å². The highest BCUT2D eigenvalue weighted by Crippen LogP contribution is 2.25. The van der Waals surface area contributed by atoms with Crippen LogP contribution < -0.4 is 10.6 Å². The zero-order valence-electron chi connectivity index (χ0n) is 22.2. The summed E-state index contributed by atoms with van der Waals surface area (Å²) in [4.78, 5) is 26.7. The molecule has 0 bridgehead atoms. The van der Waals surface area contributed by atoms with Crippen LogP contribution in [0.15, 0.2) is 39.7 Å². The summed E-state index contributed by atoms with van der Waals surface area (Å²) in [5, 5.41) is 4.78. The molecule has 2 aromatic rings. The van der Waals surface area contributed by atoms with Crippen molar-refractivity contribution in [2.24, 2.45) is 0 Å². The van der Waals surface area contributed by atoms with Crippen molar-refractivity contribution in [2.45, 2.75) is 77.3 Å². The van der Waals surface area contributed by atoms with Gasteiger partial charge in [0.25, 0.3) is 0 Å². The molecule has 0 aliphatic rings. The summed E-state index contributed by atoms with van der Waals surface area (Å²) < 4.78 is 32.1. The smallest absolute Gasteiger partial charge is 0.407 e. The van der Waals surface area contributed by atoms with Gasteiger partial charge in [-0.15, -0.1) is 0 Å². The topological polar surface area (TPSA) is 105 Å². The molecule has 0 fully saturated rings. The third kappa shape index (κ3) is 7.96. The monoisotopic (exact) mass is 581 g/mol. The van der Waals surface area contributed by atoms with Gasteiger partial charge in [0, 0.05) is 30.3 Å². The van der Waals surface area contributed by atoms with E-state index in [1.54, 1.807) is 58.7 Å². The van der Waals surface area contributed by atoms with Gasteiger partial charge < -0.3 is 20.3 Å². The minimum Gasteiger partial charge on any atom is -0.444 e. The molecule has 36 heavy (non-hydrogen) atoms. The van der Waals surface area contributed by atoms with Gasteiger partial charge in [-0.3, -0.25) is 0 Å². The molecule has 2 aromatic carbocycles. The van der Waals surface area contributed by atoms with Crippen LogP contribution in [-0.4, -0.2) is 43.3 Å². The van der Waals surface area contributed by atoms with Gasteiger partial charge in [-0.25, -0.2) is 18.0 Å². The molecule has 2 rings (SSSR count). The van der Waals surface area contributed by atoms with Crippen LogP contribution in [0.2, 0.25) is 0 Å². The first kappa shape index (κ1) is 29.6. The fraction of sp³-hybridized carbons (Fsp3) is 0.462. The number of urea groups is 1. The van der Waals surface area contributed by atoms with E-state index in [1.807, 2.05) is 26.0 Å². The molecular formula is C26H36BrN3O5S. The molecule has 2 N–H and O–H groups in total. The molecule has 0 spiro atoms. The molecule has 0 aliphatic heterocycles. The molecule has 0 saturated carbocycles. The zero-order chi connectivity index (χ0) is 27.4. The normalized spacial score (nSPS) is 11.8. The van der Waals surface area contributed by atoms with Crippen molar-refractivity contribution in [3.8, 4) is 0 Å². The Balaban J connectivity index is 2.27. The number of anilines is 1. The number of halogens is 1. The van der Waals surface area contributed by atoms with E-state index in [2.05, 4.69) is 26.6 Å². The van der Waals surface area contributed by atoms with E-state index in [0.717, 1.165) is 21.2 Å². The lowest BCUT2D eigenvalue weighted by Crippen LogP contribution is -2.33. The highest BCUT2D eigenvalue weighted by atomic mass is 79.9. The van der Waals surface area contributed by atoms with Crippen LogP contribution in [0.3, 0.4) is 0 Å². The van der Waals surface area contributed by atoms with Gasteiger partial charge in [-0.1, -0.05) is 15.9 Å². The molecule has 0 aliphatic carbocycles. The van der Waals surface area contributed by atoms with Crippen molar-refractivity contribution in [1.82, 2.24) is 10.2 Å². The maximum Gasteiger partial charge on any atom is 0.407 e. The fourth-order valence-electron chi connectivity index (χ4n) is 3.53. The van der Waals surface area contributed by atoms with Gasteiger partial charge in [-0.2, -0.15) is 0 Å². The van der Waals surface area contributed by atoms with E-state index in [0.29, 0.717) is 17.8 Å². The highest BCUT2D eigenvalue weighted by molar-refractivity contribution is 9.10. The number of nitrogens with zero attached hydrogens (tertiary/aromatic N) is 1. The Hall–Kier alpha value is -2.59. The lowest BCUT2D eigenvalue weighted by atomic mass is 10.0. The second-order valence-electron chi connectivity index (χ2n) is 10.1. The molecule has 10 heteroatoms. The van der Waals surface area contributed by atoms with Crippen molar-refractivity contribution in [1.29, 1.82) is 0 Å². The number of benzene rings is 2. The number of carbonyl (C=O) groups excluding carboxylic acids is 2. The Morgan fingerprint density at radius 1 is 1.08 bits per heavy atom. The molecule has 0 unspecified atom stereocenters. The standard InChI is InChI=1S/C26H36BrN3O5S/c1-16(2)36(33,34)23-10-9-21(13-19(23)14-28-25(32)35-26(5,6)7)29-24(31)30(8)15-22-17(3)11-20(27)12-18(22)4/h9-13,16H,14-15H2,1-8H3,(H,28,32)(H,29,31). The highest BCUT2D eigenvalue weighted by Gasteiger charge is 2.24. The largest absolute Gasteiger partial charge is 0.444 e. The van der Waals surface area contributed by atoms with Gasteiger partial charge in [0.05, 0.1) is 10.1 Å². The summed E-state index contributed by atoms with van der Waals surface area (Å²) in [6, 6.07) is 8.24. The van der Waals surface area contributed by atoms with Crippen molar-refractivity contribution in [3.05, 3.63) is 57.1 Å².